The van der Waals surface area contributed by atoms with E-state index in [4.69, 9.17) is 21.4 Å². The van der Waals surface area contributed by atoms with E-state index in [9.17, 15) is 4.79 Å². The van der Waals surface area contributed by atoms with Gasteiger partial charge in [-0.3, -0.25) is 0 Å². The summed E-state index contributed by atoms with van der Waals surface area (Å²) in [6.07, 6.45) is 1.28. The Labute approximate surface area is 129 Å². The Morgan fingerprint density at radius 3 is 2.81 bits per heavy atom. The fraction of sp³-hybridized carbons (Fsp3) is 0.533. The van der Waals surface area contributed by atoms with Crippen LogP contribution in [0, 0.1) is 0 Å². The molecule has 0 saturated carbocycles. The summed E-state index contributed by atoms with van der Waals surface area (Å²) in [7, 11) is 0. The van der Waals surface area contributed by atoms with Crippen LogP contribution in [0.25, 0.3) is 0 Å². The molecule has 1 fully saturated rings. The number of carbonyl (C=O) groups excluding carboxylic acids is 1. The first-order chi connectivity index (χ1) is 10.1. The molecule has 21 heavy (non-hydrogen) atoms. The van der Waals surface area contributed by atoms with Crippen LogP contribution in [0.1, 0.15) is 31.4 Å². The Kier molecular flexibility index (Phi) is 5.85. The van der Waals surface area contributed by atoms with Gasteiger partial charge in [0.05, 0.1) is 18.7 Å². The minimum Gasteiger partial charge on any atom is -0.394 e. The fourth-order valence-corrected chi connectivity index (χ4v) is 2.52. The summed E-state index contributed by atoms with van der Waals surface area (Å²) in [6, 6.07) is 6.87. The molecule has 0 spiro atoms. The van der Waals surface area contributed by atoms with Crippen molar-refractivity contribution < 1.29 is 14.6 Å². The van der Waals surface area contributed by atoms with E-state index in [-0.39, 0.29) is 30.8 Å². The van der Waals surface area contributed by atoms with Gasteiger partial charge >= 0.3 is 6.03 Å². The maximum Gasteiger partial charge on any atom is 0.315 e. The molecule has 1 saturated heterocycles. The maximum atomic E-state index is 11.9. The average Bonchev–Trinajstić information content (AvgIpc) is 2.93. The second-order valence-corrected chi connectivity index (χ2v) is 5.58. The van der Waals surface area contributed by atoms with Gasteiger partial charge in [-0.05, 0) is 30.5 Å². The van der Waals surface area contributed by atoms with Crippen LogP contribution in [0.2, 0.25) is 5.02 Å². The van der Waals surface area contributed by atoms with Crippen molar-refractivity contribution in [1.29, 1.82) is 0 Å². The van der Waals surface area contributed by atoms with Crippen LogP contribution >= 0.6 is 11.6 Å². The monoisotopic (exact) mass is 312 g/mol. The topological polar surface area (TPSA) is 70.6 Å². The van der Waals surface area contributed by atoms with Crippen molar-refractivity contribution in [2.24, 2.45) is 0 Å². The molecule has 1 aliphatic rings. The first-order valence-corrected chi connectivity index (χ1v) is 7.56. The quantitative estimate of drug-likeness (QED) is 0.781. The lowest BCUT2D eigenvalue weighted by molar-refractivity contribution is 0.0996. The third kappa shape index (κ3) is 4.33. The molecular formula is C15H21ClN2O3. The van der Waals surface area contributed by atoms with Crippen LogP contribution in [0.15, 0.2) is 24.3 Å². The first kappa shape index (κ1) is 16.1. The molecule has 3 N–H and O–H groups in total. The van der Waals surface area contributed by atoms with Gasteiger partial charge in [-0.2, -0.15) is 0 Å². The molecule has 116 valence electrons. The third-order valence-electron chi connectivity index (χ3n) is 3.66. The molecule has 2 rings (SSSR count). The Morgan fingerprint density at radius 1 is 1.48 bits per heavy atom. The predicted octanol–water partition coefficient (Wildman–Crippen LogP) is 2.24. The van der Waals surface area contributed by atoms with Crippen molar-refractivity contribution in [2.45, 2.75) is 38.0 Å². The normalized spacial score (nSPS) is 22.8. The van der Waals surface area contributed by atoms with E-state index in [1.54, 1.807) is 0 Å². The molecule has 0 aromatic heterocycles. The number of ether oxygens (including phenoxy) is 1. The minimum atomic E-state index is -0.273. The number of carbonyl (C=O) groups is 1. The van der Waals surface area contributed by atoms with Crippen molar-refractivity contribution in [3.8, 4) is 0 Å². The van der Waals surface area contributed by atoms with Gasteiger partial charge in [0.2, 0.25) is 0 Å². The fourth-order valence-electron chi connectivity index (χ4n) is 2.39. The lowest BCUT2D eigenvalue weighted by atomic mass is 10.0. The van der Waals surface area contributed by atoms with E-state index in [1.165, 1.54) is 0 Å². The average molecular weight is 313 g/mol. The van der Waals surface area contributed by atoms with E-state index < -0.39 is 0 Å². The summed E-state index contributed by atoms with van der Waals surface area (Å²) in [5, 5.41) is 15.5. The summed E-state index contributed by atoms with van der Waals surface area (Å²) in [5.41, 5.74) is 0.997. The molecule has 1 aliphatic heterocycles. The van der Waals surface area contributed by atoms with Gasteiger partial charge in [-0.25, -0.2) is 4.79 Å². The van der Waals surface area contributed by atoms with Crippen LogP contribution in [0.5, 0.6) is 0 Å². The molecule has 1 aromatic carbocycles. The van der Waals surface area contributed by atoms with Gasteiger partial charge in [0.15, 0.2) is 0 Å². The number of rotatable bonds is 5. The maximum absolute atomic E-state index is 11.9. The molecule has 0 bridgehead atoms. The second kappa shape index (κ2) is 7.64. The summed E-state index contributed by atoms with van der Waals surface area (Å²) in [6.45, 7) is 2.46. The SMILES string of the molecule is CCC(CO)NC(=O)NC1CCOC1c1ccc(Cl)cc1. The van der Waals surface area contributed by atoms with Crippen LogP contribution < -0.4 is 10.6 Å². The van der Waals surface area contributed by atoms with Gasteiger partial charge in [0, 0.05) is 11.6 Å². The van der Waals surface area contributed by atoms with Crippen molar-refractivity contribution >= 4 is 17.6 Å². The number of urea groups is 1. The number of nitrogens with one attached hydrogen (secondary N) is 2. The molecule has 6 heteroatoms. The highest BCUT2D eigenvalue weighted by atomic mass is 35.5. The van der Waals surface area contributed by atoms with Crippen LogP contribution in [0.3, 0.4) is 0 Å². The van der Waals surface area contributed by atoms with E-state index in [2.05, 4.69) is 10.6 Å². The summed E-state index contributed by atoms with van der Waals surface area (Å²) in [5.74, 6) is 0. The highest BCUT2D eigenvalue weighted by Crippen LogP contribution is 2.29. The Hall–Kier alpha value is -1.30. The molecule has 0 aliphatic carbocycles. The van der Waals surface area contributed by atoms with Gasteiger partial charge in [0.25, 0.3) is 0 Å². The molecule has 1 aromatic rings. The Morgan fingerprint density at radius 2 is 2.19 bits per heavy atom. The number of hydrogen-bond donors (Lipinski definition) is 3. The number of benzene rings is 1. The van der Waals surface area contributed by atoms with E-state index >= 15 is 0 Å². The van der Waals surface area contributed by atoms with Gasteiger partial charge in [-0.1, -0.05) is 30.7 Å². The third-order valence-corrected chi connectivity index (χ3v) is 3.91. The zero-order chi connectivity index (χ0) is 15.2. The number of halogens is 1. The Bertz CT molecular complexity index is 462. The zero-order valence-electron chi connectivity index (χ0n) is 12.0. The smallest absolute Gasteiger partial charge is 0.315 e. The number of aliphatic hydroxyl groups is 1. The van der Waals surface area contributed by atoms with Crippen molar-refractivity contribution in [1.82, 2.24) is 10.6 Å². The van der Waals surface area contributed by atoms with Crippen molar-refractivity contribution in [2.75, 3.05) is 13.2 Å². The molecule has 1 heterocycles. The van der Waals surface area contributed by atoms with Gasteiger partial charge < -0.3 is 20.5 Å². The highest BCUT2D eigenvalue weighted by Gasteiger charge is 2.31. The Balaban J connectivity index is 1.95. The largest absolute Gasteiger partial charge is 0.394 e. The lowest BCUT2D eigenvalue weighted by Crippen LogP contribution is -2.48. The number of aliphatic hydroxyl groups excluding tert-OH is 1. The van der Waals surface area contributed by atoms with Gasteiger partial charge in [-0.15, -0.1) is 0 Å². The summed E-state index contributed by atoms with van der Waals surface area (Å²) in [4.78, 5) is 11.9. The van der Waals surface area contributed by atoms with E-state index in [0.29, 0.717) is 18.1 Å². The van der Waals surface area contributed by atoms with Crippen LogP contribution in [0.4, 0.5) is 4.79 Å². The first-order valence-electron chi connectivity index (χ1n) is 7.19. The van der Waals surface area contributed by atoms with Crippen molar-refractivity contribution in [3.05, 3.63) is 34.9 Å². The molecule has 2 amide bonds. The molecule has 5 nitrogen and oxygen atoms in total. The zero-order valence-corrected chi connectivity index (χ0v) is 12.8. The van der Waals surface area contributed by atoms with Gasteiger partial charge in [0.1, 0.15) is 6.10 Å². The predicted molar refractivity (Wildman–Crippen MR) is 81.4 cm³/mol. The molecule has 3 unspecified atom stereocenters. The number of hydrogen-bond acceptors (Lipinski definition) is 3. The lowest BCUT2D eigenvalue weighted by Gasteiger charge is -2.22. The summed E-state index contributed by atoms with van der Waals surface area (Å²) < 4.78 is 5.72. The van der Waals surface area contributed by atoms with E-state index in [1.807, 2.05) is 31.2 Å². The van der Waals surface area contributed by atoms with Crippen LogP contribution in [-0.2, 0) is 4.74 Å². The van der Waals surface area contributed by atoms with Crippen LogP contribution in [-0.4, -0.2) is 36.4 Å². The molecule has 0 radical (unpaired) electrons. The molecule has 3 atom stereocenters. The molecular weight excluding hydrogens is 292 g/mol. The standard InChI is InChI=1S/C15H21ClN2O3/c1-2-12(9-19)17-15(20)18-13-7-8-21-14(13)10-3-5-11(16)6-4-10/h3-6,12-14,19H,2,7-9H2,1H3,(H2,17,18,20). The van der Waals surface area contributed by atoms with E-state index in [0.717, 1.165) is 12.0 Å². The van der Waals surface area contributed by atoms with Crippen molar-refractivity contribution in [3.63, 3.8) is 0 Å². The summed E-state index contributed by atoms with van der Waals surface area (Å²) >= 11 is 5.88. The second-order valence-electron chi connectivity index (χ2n) is 5.14. The highest BCUT2D eigenvalue weighted by molar-refractivity contribution is 6.30. The number of amides is 2. The minimum absolute atomic E-state index is 0.0638.